The summed E-state index contributed by atoms with van der Waals surface area (Å²) in [6.07, 6.45) is 5.28. The van der Waals surface area contributed by atoms with E-state index < -0.39 is 0 Å². The Labute approximate surface area is 91.1 Å². The van der Waals surface area contributed by atoms with Gasteiger partial charge in [0.15, 0.2) is 0 Å². The molecule has 1 aromatic carbocycles. The Hall–Kier alpha value is -0.530. The standard InChI is InChI=1S/C12H15N.ClH/c13-11-10-5-2-1-4-9(10)8-12(11)6-3-7-12;/h1-2,4-5,11H,3,6-8,13H2;1H. The molecule has 2 N–H and O–H groups in total. The summed E-state index contributed by atoms with van der Waals surface area (Å²) in [4.78, 5) is 0. The maximum Gasteiger partial charge on any atom is 0.0358 e. The van der Waals surface area contributed by atoms with Gasteiger partial charge in [0.1, 0.15) is 0 Å². The molecule has 0 radical (unpaired) electrons. The topological polar surface area (TPSA) is 26.0 Å². The fraction of sp³-hybridized carbons (Fsp3) is 0.500. The van der Waals surface area contributed by atoms with Gasteiger partial charge in [-0.1, -0.05) is 30.7 Å². The molecule has 1 saturated carbocycles. The van der Waals surface area contributed by atoms with Crippen LogP contribution in [0.4, 0.5) is 0 Å². The lowest BCUT2D eigenvalue weighted by Gasteiger charge is -2.42. The van der Waals surface area contributed by atoms with E-state index in [0.717, 1.165) is 0 Å². The van der Waals surface area contributed by atoms with Crippen LogP contribution in [-0.4, -0.2) is 0 Å². The summed E-state index contributed by atoms with van der Waals surface area (Å²) >= 11 is 0. The number of benzene rings is 1. The fourth-order valence-corrected chi connectivity index (χ4v) is 2.94. The van der Waals surface area contributed by atoms with E-state index in [1.807, 2.05) is 0 Å². The lowest BCUT2D eigenvalue weighted by Crippen LogP contribution is -2.37. The van der Waals surface area contributed by atoms with E-state index in [-0.39, 0.29) is 12.4 Å². The van der Waals surface area contributed by atoms with Crippen LogP contribution in [0.3, 0.4) is 0 Å². The second kappa shape index (κ2) is 3.25. The van der Waals surface area contributed by atoms with Crippen LogP contribution in [0.2, 0.25) is 0 Å². The van der Waals surface area contributed by atoms with E-state index in [9.17, 15) is 0 Å². The Balaban J connectivity index is 0.000000750. The highest BCUT2D eigenvalue weighted by molar-refractivity contribution is 5.85. The molecular weight excluding hydrogens is 194 g/mol. The van der Waals surface area contributed by atoms with Gasteiger partial charge >= 0.3 is 0 Å². The lowest BCUT2D eigenvalue weighted by molar-refractivity contribution is 0.111. The summed E-state index contributed by atoms with van der Waals surface area (Å²) in [6, 6.07) is 8.99. The number of nitrogens with two attached hydrogens (primary N) is 1. The zero-order valence-electron chi connectivity index (χ0n) is 8.20. The minimum atomic E-state index is 0. The number of rotatable bonds is 0. The summed E-state index contributed by atoms with van der Waals surface area (Å²) in [7, 11) is 0. The molecule has 2 aliphatic rings. The minimum absolute atomic E-state index is 0. The number of halogens is 1. The maximum absolute atomic E-state index is 6.29. The van der Waals surface area contributed by atoms with Crippen LogP contribution in [-0.2, 0) is 6.42 Å². The molecule has 1 spiro atoms. The Kier molecular flexibility index (Phi) is 2.32. The van der Waals surface area contributed by atoms with E-state index in [2.05, 4.69) is 24.3 Å². The highest BCUT2D eigenvalue weighted by Crippen LogP contribution is 2.56. The van der Waals surface area contributed by atoms with Crippen molar-refractivity contribution in [1.29, 1.82) is 0 Å². The second-order valence-electron chi connectivity index (χ2n) is 4.57. The van der Waals surface area contributed by atoms with Gasteiger partial charge in [0.05, 0.1) is 0 Å². The maximum atomic E-state index is 6.29. The van der Waals surface area contributed by atoms with Gasteiger partial charge < -0.3 is 5.73 Å². The highest BCUT2D eigenvalue weighted by Gasteiger charge is 2.47. The Bertz CT molecular complexity index is 344. The van der Waals surface area contributed by atoms with Gasteiger partial charge in [-0.25, -0.2) is 0 Å². The fourth-order valence-electron chi connectivity index (χ4n) is 2.94. The number of hydrogen-bond acceptors (Lipinski definition) is 1. The molecule has 0 amide bonds. The van der Waals surface area contributed by atoms with Gasteiger partial charge in [-0.3, -0.25) is 0 Å². The predicted molar refractivity (Wildman–Crippen MR) is 60.6 cm³/mol. The van der Waals surface area contributed by atoms with Crippen molar-refractivity contribution in [2.75, 3.05) is 0 Å². The number of hydrogen-bond donors (Lipinski definition) is 1. The zero-order chi connectivity index (χ0) is 8.89. The molecule has 0 heterocycles. The average molecular weight is 210 g/mol. The van der Waals surface area contributed by atoms with E-state index in [0.29, 0.717) is 11.5 Å². The van der Waals surface area contributed by atoms with Gasteiger partial charge in [-0.05, 0) is 35.8 Å². The Morgan fingerprint density at radius 2 is 1.93 bits per heavy atom. The third-order valence-corrected chi connectivity index (χ3v) is 3.94. The first-order chi connectivity index (χ1) is 6.32. The first-order valence-corrected chi connectivity index (χ1v) is 5.15. The van der Waals surface area contributed by atoms with E-state index in [4.69, 9.17) is 5.73 Å². The lowest BCUT2D eigenvalue weighted by atomic mass is 9.64. The molecule has 0 saturated heterocycles. The Morgan fingerprint density at radius 3 is 2.50 bits per heavy atom. The van der Waals surface area contributed by atoms with E-state index >= 15 is 0 Å². The van der Waals surface area contributed by atoms with Gasteiger partial charge in [0.2, 0.25) is 0 Å². The van der Waals surface area contributed by atoms with Crippen LogP contribution >= 0.6 is 12.4 Å². The van der Waals surface area contributed by atoms with E-state index in [1.165, 1.54) is 36.8 Å². The molecule has 0 aliphatic heterocycles. The van der Waals surface area contributed by atoms with Crippen molar-refractivity contribution in [3.05, 3.63) is 35.4 Å². The third-order valence-electron chi connectivity index (χ3n) is 3.94. The summed E-state index contributed by atoms with van der Waals surface area (Å²) in [5.41, 5.74) is 9.65. The molecular formula is C12H16ClN. The van der Waals surface area contributed by atoms with Crippen LogP contribution in [0.1, 0.15) is 36.4 Å². The third kappa shape index (κ3) is 1.12. The van der Waals surface area contributed by atoms with Crippen LogP contribution in [0, 0.1) is 5.41 Å². The SMILES string of the molecule is Cl.NC1c2ccccc2CC12CCC2. The second-order valence-corrected chi connectivity index (χ2v) is 4.57. The largest absolute Gasteiger partial charge is 0.323 e. The van der Waals surface area contributed by atoms with Gasteiger partial charge in [0, 0.05) is 6.04 Å². The average Bonchev–Trinajstić information content (AvgIpc) is 2.40. The molecule has 1 fully saturated rings. The quantitative estimate of drug-likeness (QED) is 0.699. The highest BCUT2D eigenvalue weighted by atomic mass is 35.5. The molecule has 0 aromatic heterocycles. The molecule has 1 nitrogen and oxygen atoms in total. The normalized spacial score (nSPS) is 26.5. The summed E-state index contributed by atoms with van der Waals surface area (Å²) < 4.78 is 0. The van der Waals surface area contributed by atoms with Crippen molar-refractivity contribution < 1.29 is 0 Å². The summed E-state index contributed by atoms with van der Waals surface area (Å²) in [5.74, 6) is 0. The summed E-state index contributed by atoms with van der Waals surface area (Å²) in [5, 5.41) is 0. The molecule has 14 heavy (non-hydrogen) atoms. The Morgan fingerprint density at radius 1 is 1.21 bits per heavy atom. The molecule has 1 atom stereocenters. The summed E-state index contributed by atoms with van der Waals surface area (Å²) in [6.45, 7) is 0. The van der Waals surface area contributed by atoms with Crippen LogP contribution in [0.5, 0.6) is 0 Å². The van der Waals surface area contributed by atoms with Crippen molar-refractivity contribution in [2.24, 2.45) is 11.1 Å². The van der Waals surface area contributed by atoms with Crippen molar-refractivity contribution in [3.63, 3.8) is 0 Å². The van der Waals surface area contributed by atoms with Gasteiger partial charge in [-0.15, -0.1) is 12.4 Å². The van der Waals surface area contributed by atoms with Crippen molar-refractivity contribution in [1.82, 2.24) is 0 Å². The van der Waals surface area contributed by atoms with Crippen molar-refractivity contribution in [3.8, 4) is 0 Å². The van der Waals surface area contributed by atoms with Crippen molar-refractivity contribution >= 4 is 12.4 Å². The molecule has 3 rings (SSSR count). The van der Waals surface area contributed by atoms with Crippen molar-refractivity contribution in [2.45, 2.75) is 31.7 Å². The zero-order valence-corrected chi connectivity index (χ0v) is 9.02. The molecule has 0 bridgehead atoms. The predicted octanol–water partition coefficient (Wildman–Crippen LogP) is 2.83. The molecule has 1 unspecified atom stereocenters. The van der Waals surface area contributed by atoms with Crippen LogP contribution in [0.15, 0.2) is 24.3 Å². The molecule has 2 aliphatic carbocycles. The number of fused-ring (bicyclic) bond motifs is 1. The monoisotopic (exact) mass is 209 g/mol. The van der Waals surface area contributed by atoms with Crippen LogP contribution in [0.25, 0.3) is 0 Å². The molecule has 76 valence electrons. The van der Waals surface area contributed by atoms with Gasteiger partial charge in [0.25, 0.3) is 0 Å². The smallest absolute Gasteiger partial charge is 0.0358 e. The molecule has 2 heteroatoms. The van der Waals surface area contributed by atoms with Crippen LogP contribution < -0.4 is 5.73 Å². The minimum Gasteiger partial charge on any atom is -0.323 e. The first-order valence-electron chi connectivity index (χ1n) is 5.15. The molecule has 1 aromatic rings. The van der Waals surface area contributed by atoms with E-state index in [1.54, 1.807) is 0 Å². The van der Waals surface area contributed by atoms with Gasteiger partial charge in [-0.2, -0.15) is 0 Å². The first kappa shape index (κ1) is 10.0.